The molecule has 4 rings (SSSR count). The maximum absolute atomic E-state index is 14.5. The molecule has 1 unspecified atom stereocenters. The number of hydrogen-bond donors (Lipinski definition) is 4. The quantitative estimate of drug-likeness (QED) is 0.182. The van der Waals surface area contributed by atoms with Gasteiger partial charge in [-0.2, -0.15) is 0 Å². The molecule has 4 atom stereocenters. The van der Waals surface area contributed by atoms with Gasteiger partial charge in [-0.15, -0.1) is 23.5 Å². The van der Waals surface area contributed by atoms with Gasteiger partial charge in [0.05, 0.1) is 23.3 Å². The Bertz CT molecular complexity index is 1500. The Kier molecular flexibility index (Phi) is 16.1. The van der Waals surface area contributed by atoms with Crippen molar-refractivity contribution in [1.29, 1.82) is 0 Å². The number of benzene rings is 1. The predicted molar refractivity (Wildman–Crippen MR) is 208 cm³/mol. The minimum Gasteiger partial charge on any atom is -0.449 e. The summed E-state index contributed by atoms with van der Waals surface area (Å²) >= 11 is 3.41. The van der Waals surface area contributed by atoms with Crippen LogP contribution in [-0.2, 0) is 33.5 Å². The monoisotopic (exact) mass is 788 g/mol. The Hall–Kier alpha value is -3.79. The van der Waals surface area contributed by atoms with Crippen LogP contribution in [0.5, 0.6) is 0 Å². The van der Waals surface area contributed by atoms with E-state index in [2.05, 4.69) is 21.3 Å². The summed E-state index contributed by atoms with van der Waals surface area (Å²) in [5.74, 6) is -2.19. The summed E-state index contributed by atoms with van der Waals surface area (Å²) in [6.45, 7) is 5.60. The molecule has 0 radical (unpaired) electrons. The van der Waals surface area contributed by atoms with E-state index >= 15 is 0 Å². The summed E-state index contributed by atoms with van der Waals surface area (Å²) in [5, 5.41) is 10.6. The van der Waals surface area contributed by atoms with Gasteiger partial charge in [-0.05, 0) is 36.7 Å². The van der Waals surface area contributed by atoms with Gasteiger partial charge in [0.1, 0.15) is 18.1 Å². The Morgan fingerprint density at radius 3 is 2.22 bits per heavy atom. The van der Waals surface area contributed by atoms with Gasteiger partial charge in [-0.25, -0.2) is 4.79 Å². The number of likely N-dealkylation sites (N-methyl/N-ethyl adjacent to an activating group) is 1. The Labute approximate surface area is 326 Å². The highest BCUT2D eigenvalue weighted by atomic mass is 32.2. The molecule has 1 saturated carbocycles. The highest BCUT2D eigenvalue weighted by Gasteiger charge is 2.53. The number of nitrogens with zero attached hydrogens (tertiary/aromatic N) is 2. The summed E-state index contributed by atoms with van der Waals surface area (Å²) in [7, 11) is 3.13. The van der Waals surface area contributed by atoms with Crippen molar-refractivity contribution in [2.75, 3.05) is 45.3 Å². The minimum absolute atomic E-state index is 0.110. The largest absolute Gasteiger partial charge is 0.449 e. The van der Waals surface area contributed by atoms with Crippen molar-refractivity contribution in [1.82, 2.24) is 31.1 Å². The zero-order valence-electron chi connectivity index (χ0n) is 32.0. The normalized spacial score (nSPS) is 19.7. The lowest BCUT2D eigenvalue weighted by Crippen LogP contribution is -2.58. The molecule has 1 spiro atoms. The number of carbonyl (C=O) groups excluding carboxylic acids is 7. The van der Waals surface area contributed by atoms with Crippen molar-refractivity contribution in [3.8, 4) is 0 Å². The molecule has 1 aromatic rings. The number of likely N-dealkylation sites (tertiary alicyclic amines) is 1. The lowest BCUT2D eigenvalue weighted by atomic mass is 9.83. The van der Waals surface area contributed by atoms with Gasteiger partial charge in [0, 0.05) is 38.6 Å². The van der Waals surface area contributed by atoms with E-state index in [9.17, 15) is 33.6 Å². The number of amides is 6. The third kappa shape index (κ3) is 11.6. The number of ether oxygens (including phenoxy) is 1. The summed E-state index contributed by atoms with van der Waals surface area (Å²) < 4.78 is 4.99. The second-order valence-electron chi connectivity index (χ2n) is 14.8. The lowest BCUT2D eigenvalue weighted by Gasteiger charge is -2.34. The first-order chi connectivity index (χ1) is 25.7. The third-order valence-electron chi connectivity index (χ3n) is 9.87. The summed E-state index contributed by atoms with van der Waals surface area (Å²) in [4.78, 5) is 96.7. The highest BCUT2D eigenvalue weighted by molar-refractivity contribution is 8.21. The minimum atomic E-state index is -1.20. The van der Waals surface area contributed by atoms with Gasteiger partial charge in [0.15, 0.2) is 0 Å². The predicted octanol–water partition coefficient (Wildman–Crippen LogP) is 3.01. The molecule has 2 heterocycles. The maximum Gasteiger partial charge on any atom is 0.407 e. The molecule has 4 N–H and O–H groups in total. The van der Waals surface area contributed by atoms with Crippen molar-refractivity contribution < 1.29 is 38.3 Å². The first-order valence-corrected chi connectivity index (χ1v) is 20.9. The van der Waals surface area contributed by atoms with Crippen LogP contribution in [0.2, 0.25) is 0 Å². The highest BCUT2D eigenvalue weighted by Crippen LogP contribution is 2.52. The smallest absolute Gasteiger partial charge is 0.407 e. The van der Waals surface area contributed by atoms with E-state index in [0.29, 0.717) is 24.9 Å². The van der Waals surface area contributed by atoms with E-state index in [4.69, 9.17) is 4.74 Å². The van der Waals surface area contributed by atoms with Crippen molar-refractivity contribution in [3.63, 3.8) is 0 Å². The van der Waals surface area contributed by atoms with Crippen LogP contribution >= 0.6 is 23.5 Å². The Morgan fingerprint density at radius 1 is 0.944 bits per heavy atom. The zero-order valence-corrected chi connectivity index (χ0v) is 33.7. The zero-order chi connectivity index (χ0) is 39.4. The van der Waals surface area contributed by atoms with Crippen molar-refractivity contribution in [3.05, 3.63) is 35.9 Å². The molecule has 2 saturated heterocycles. The van der Waals surface area contributed by atoms with E-state index in [0.717, 1.165) is 43.6 Å². The third-order valence-corrected chi connectivity index (χ3v) is 13.3. The number of thioether (sulfide) groups is 2. The molecule has 6 amide bonds. The van der Waals surface area contributed by atoms with Gasteiger partial charge in [-0.3, -0.25) is 28.8 Å². The van der Waals surface area contributed by atoms with Crippen LogP contribution in [0.15, 0.2) is 30.3 Å². The number of Topliss-reactive ketones (excluding diaryl/α,β-unsaturated/α-hetero) is 1. The second kappa shape index (κ2) is 20.2. The van der Waals surface area contributed by atoms with Crippen LogP contribution in [0, 0.1) is 11.8 Å². The molecular formula is C38H56N6O8S2. The number of ketones is 1. The van der Waals surface area contributed by atoms with Crippen LogP contribution < -0.4 is 21.3 Å². The molecular weight excluding hydrogens is 733 g/mol. The van der Waals surface area contributed by atoms with Crippen LogP contribution in [0.1, 0.15) is 83.7 Å². The van der Waals surface area contributed by atoms with E-state index < -0.39 is 64.4 Å². The standard InChI is InChI=1S/C38H56N6O8S2/c1-6-13-27(32(46)34(48)39-21-29(45)41-30(35(49)43(4)5)25-14-9-7-10-15-25)40-33(47)28-20-38(53-18-19-54-38)23-44(28)36(50)31(26-16-11-8-12-17-26)42-37(51)52-22-24(2)3/h7,9-10,14-15,24,26-28,30-31H,6,8,11-13,16-23H2,1-5H3,(H,39,48)(H,40,47)(H,41,45)(H,42,51)/t27?,28-,30-,31-/m0/s1. The molecule has 14 nitrogen and oxygen atoms in total. The van der Waals surface area contributed by atoms with Crippen LogP contribution in [0.25, 0.3) is 0 Å². The number of nitrogens with one attached hydrogen (secondary N) is 4. The van der Waals surface area contributed by atoms with Gasteiger partial charge < -0.3 is 35.8 Å². The van der Waals surface area contributed by atoms with E-state index in [-0.39, 0.29) is 36.7 Å². The average Bonchev–Trinajstić information content (AvgIpc) is 3.80. The van der Waals surface area contributed by atoms with E-state index in [1.54, 1.807) is 72.9 Å². The van der Waals surface area contributed by atoms with Crippen molar-refractivity contribution in [2.45, 2.75) is 100 Å². The topological polar surface area (TPSA) is 183 Å². The molecule has 1 aromatic carbocycles. The number of hydrogen-bond acceptors (Lipinski definition) is 10. The van der Waals surface area contributed by atoms with Crippen LogP contribution in [0.4, 0.5) is 4.79 Å². The molecule has 1 aliphatic carbocycles. The second-order valence-corrected chi connectivity index (χ2v) is 18.1. The molecule has 3 aliphatic rings. The number of alkyl carbamates (subject to hydrolysis) is 1. The molecule has 0 aromatic heterocycles. The molecule has 3 fully saturated rings. The fourth-order valence-corrected chi connectivity index (χ4v) is 10.3. The van der Waals surface area contributed by atoms with Crippen LogP contribution in [-0.4, -0.2) is 119 Å². The first-order valence-electron chi connectivity index (χ1n) is 18.9. The Balaban J connectivity index is 1.46. The number of rotatable bonds is 16. The van der Waals surface area contributed by atoms with Crippen LogP contribution in [0.3, 0.4) is 0 Å². The van der Waals surface area contributed by atoms with E-state index in [1.807, 2.05) is 20.8 Å². The van der Waals surface area contributed by atoms with E-state index in [1.165, 1.54) is 4.90 Å². The lowest BCUT2D eigenvalue weighted by molar-refractivity contribution is -0.143. The number of carbonyl (C=O) groups is 7. The molecule has 16 heteroatoms. The van der Waals surface area contributed by atoms with Crippen molar-refractivity contribution in [2.24, 2.45) is 11.8 Å². The molecule has 54 heavy (non-hydrogen) atoms. The summed E-state index contributed by atoms with van der Waals surface area (Å²) in [5.41, 5.74) is 0.556. The van der Waals surface area contributed by atoms with Gasteiger partial charge in [-0.1, -0.05) is 76.8 Å². The summed E-state index contributed by atoms with van der Waals surface area (Å²) in [6.07, 6.45) is 4.75. The molecule has 0 bridgehead atoms. The fraction of sp³-hybridized carbons (Fsp3) is 0.658. The summed E-state index contributed by atoms with van der Waals surface area (Å²) in [6, 6.07) is 4.67. The SMILES string of the molecule is CCCC(NC(=O)[C@@H]1CC2(CN1C(=O)[C@@H](NC(=O)OCC(C)C)C1CCCCC1)SCCS2)C(=O)C(=O)NCC(=O)N[C@H](C(=O)N(C)C)c1ccccc1. The maximum atomic E-state index is 14.5. The van der Waals surface area contributed by atoms with Gasteiger partial charge in [0.2, 0.25) is 29.4 Å². The first kappa shape index (κ1) is 42.9. The average molecular weight is 789 g/mol. The van der Waals surface area contributed by atoms with Crippen molar-refractivity contribution >= 4 is 64.9 Å². The Morgan fingerprint density at radius 2 is 1.61 bits per heavy atom. The molecule has 298 valence electrons. The van der Waals surface area contributed by atoms with Gasteiger partial charge in [0.25, 0.3) is 5.91 Å². The molecule has 2 aliphatic heterocycles. The van der Waals surface area contributed by atoms with Gasteiger partial charge >= 0.3 is 6.09 Å². The fourth-order valence-electron chi connectivity index (χ4n) is 7.08.